The highest BCUT2D eigenvalue weighted by atomic mass is 32.2. The monoisotopic (exact) mass is 474 g/mol. The maximum absolute atomic E-state index is 12.6. The number of aromatic amines is 1. The van der Waals surface area contributed by atoms with Gasteiger partial charge in [-0.05, 0) is 63.1 Å². The van der Waals surface area contributed by atoms with E-state index in [4.69, 9.17) is 4.74 Å². The number of carbonyl (C=O) groups excluding carboxylic acids is 1. The van der Waals surface area contributed by atoms with E-state index in [0.29, 0.717) is 30.5 Å². The van der Waals surface area contributed by atoms with Crippen molar-refractivity contribution >= 4 is 44.4 Å². The third kappa shape index (κ3) is 4.92. The van der Waals surface area contributed by atoms with Gasteiger partial charge in [-0.1, -0.05) is 11.8 Å². The van der Waals surface area contributed by atoms with Gasteiger partial charge in [0.05, 0.1) is 27.8 Å². The molecule has 1 amide bonds. The molecule has 2 aromatic carbocycles. The summed E-state index contributed by atoms with van der Waals surface area (Å²) in [6.07, 6.45) is 1.78. The van der Waals surface area contributed by atoms with E-state index < -0.39 is 15.3 Å². The topological polar surface area (TPSA) is 104 Å². The molecule has 1 aliphatic heterocycles. The molecule has 1 unspecified atom stereocenters. The standard InChI is InChI=1S/C22H26N4O4S2/c1-3-30-17-8-11-19-20(14-17)25-22(24-19)31-15(2)21(27)23-16-6-9-18(10-7-16)32(28,29)26-12-4-5-13-26/h6-11,14-15H,3-5,12-13H2,1-2H3,(H,23,27)(H,24,25). The Hall–Kier alpha value is -2.56. The molecule has 170 valence electrons. The number of ether oxygens (including phenoxy) is 1. The van der Waals surface area contributed by atoms with Gasteiger partial charge >= 0.3 is 0 Å². The Balaban J connectivity index is 1.38. The van der Waals surface area contributed by atoms with Crippen molar-refractivity contribution in [3.8, 4) is 5.75 Å². The Labute approximate surface area is 191 Å². The van der Waals surface area contributed by atoms with Crippen LogP contribution in [-0.2, 0) is 14.8 Å². The molecule has 32 heavy (non-hydrogen) atoms. The van der Waals surface area contributed by atoms with Crippen LogP contribution >= 0.6 is 11.8 Å². The molecule has 0 saturated carbocycles. The predicted molar refractivity (Wildman–Crippen MR) is 126 cm³/mol. The van der Waals surface area contributed by atoms with Gasteiger partial charge in [0.2, 0.25) is 15.9 Å². The van der Waals surface area contributed by atoms with Crippen molar-refractivity contribution < 1.29 is 17.9 Å². The van der Waals surface area contributed by atoms with E-state index in [9.17, 15) is 13.2 Å². The lowest BCUT2D eigenvalue weighted by Gasteiger charge is -2.16. The number of nitrogens with zero attached hydrogens (tertiary/aromatic N) is 2. The Morgan fingerprint density at radius 1 is 1.22 bits per heavy atom. The van der Waals surface area contributed by atoms with Crippen molar-refractivity contribution in [2.45, 2.75) is 42.0 Å². The highest BCUT2D eigenvalue weighted by Crippen LogP contribution is 2.27. The lowest BCUT2D eigenvalue weighted by atomic mass is 10.3. The first-order chi connectivity index (χ1) is 15.4. The summed E-state index contributed by atoms with van der Waals surface area (Å²) in [5, 5.41) is 3.07. The largest absolute Gasteiger partial charge is 0.494 e. The number of nitrogens with one attached hydrogen (secondary N) is 2. The lowest BCUT2D eigenvalue weighted by molar-refractivity contribution is -0.115. The summed E-state index contributed by atoms with van der Waals surface area (Å²) in [6, 6.07) is 11.9. The van der Waals surface area contributed by atoms with Crippen molar-refractivity contribution in [1.82, 2.24) is 14.3 Å². The first kappa shape index (κ1) is 22.6. The molecule has 1 aliphatic rings. The van der Waals surface area contributed by atoms with Gasteiger partial charge in [0.15, 0.2) is 5.16 Å². The molecule has 1 atom stereocenters. The van der Waals surface area contributed by atoms with Gasteiger partial charge < -0.3 is 15.0 Å². The number of thioether (sulfide) groups is 1. The van der Waals surface area contributed by atoms with Gasteiger partial charge in [-0.25, -0.2) is 13.4 Å². The summed E-state index contributed by atoms with van der Waals surface area (Å²) >= 11 is 1.32. The molecule has 2 heterocycles. The predicted octanol–water partition coefficient (Wildman–Crippen LogP) is 3.87. The Bertz CT molecular complexity index is 1200. The summed E-state index contributed by atoms with van der Waals surface area (Å²) in [4.78, 5) is 20.6. The zero-order valence-corrected chi connectivity index (χ0v) is 19.6. The normalized spacial score (nSPS) is 15.7. The van der Waals surface area contributed by atoms with E-state index in [0.717, 1.165) is 29.6 Å². The van der Waals surface area contributed by atoms with Crippen LogP contribution in [0.2, 0.25) is 0 Å². The van der Waals surface area contributed by atoms with Crippen LogP contribution in [0.25, 0.3) is 11.0 Å². The van der Waals surface area contributed by atoms with E-state index in [2.05, 4.69) is 15.3 Å². The number of imidazole rings is 1. The molecule has 10 heteroatoms. The minimum atomic E-state index is -3.47. The van der Waals surface area contributed by atoms with Crippen molar-refractivity contribution in [2.24, 2.45) is 0 Å². The summed E-state index contributed by atoms with van der Waals surface area (Å²) < 4.78 is 32.3. The first-order valence-corrected chi connectivity index (χ1v) is 12.9. The van der Waals surface area contributed by atoms with Gasteiger partial charge in [-0.2, -0.15) is 4.31 Å². The Kier molecular flexibility index (Phi) is 6.73. The first-order valence-electron chi connectivity index (χ1n) is 10.6. The summed E-state index contributed by atoms with van der Waals surface area (Å²) in [5.74, 6) is 0.571. The molecular weight excluding hydrogens is 448 g/mol. The zero-order valence-electron chi connectivity index (χ0n) is 18.0. The number of sulfonamides is 1. The van der Waals surface area contributed by atoms with Crippen LogP contribution in [0.15, 0.2) is 52.5 Å². The average molecular weight is 475 g/mol. The Morgan fingerprint density at radius 2 is 1.94 bits per heavy atom. The van der Waals surface area contributed by atoms with Crippen LogP contribution in [0.5, 0.6) is 5.75 Å². The zero-order chi connectivity index (χ0) is 22.7. The molecule has 3 aromatic rings. The molecular formula is C22H26N4O4S2. The smallest absolute Gasteiger partial charge is 0.243 e. The van der Waals surface area contributed by atoms with Crippen LogP contribution < -0.4 is 10.1 Å². The third-order valence-electron chi connectivity index (χ3n) is 5.22. The number of H-pyrrole nitrogens is 1. The number of rotatable bonds is 8. The molecule has 2 N–H and O–H groups in total. The number of benzene rings is 2. The minimum absolute atomic E-state index is 0.194. The third-order valence-corrected chi connectivity index (χ3v) is 8.12. The fourth-order valence-electron chi connectivity index (χ4n) is 3.53. The van der Waals surface area contributed by atoms with E-state index in [1.54, 1.807) is 19.1 Å². The van der Waals surface area contributed by atoms with E-state index in [-0.39, 0.29) is 10.8 Å². The number of anilines is 1. The van der Waals surface area contributed by atoms with Gasteiger partial charge in [-0.15, -0.1) is 0 Å². The number of fused-ring (bicyclic) bond motifs is 1. The molecule has 1 saturated heterocycles. The fraction of sp³-hybridized carbons (Fsp3) is 0.364. The average Bonchev–Trinajstić information content (AvgIpc) is 3.44. The number of amides is 1. The van der Waals surface area contributed by atoms with Crippen LogP contribution in [0.3, 0.4) is 0 Å². The second-order valence-electron chi connectivity index (χ2n) is 7.54. The van der Waals surface area contributed by atoms with E-state index in [1.807, 2.05) is 25.1 Å². The second kappa shape index (κ2) is 9.51. The van der Waals surface area contributed by atoms with Crippen LogP contribution in [0.1, 0.15) is 26.7 Å². The van der Waals surface area contributed by atoms with Crippen LogP contribution in [0, 0.1) is 0 Å². The minimum Gasteiger partial charge on any atom is -0.494 e. The van der Waals surface area contributed by atoms with Crippen molar-refractivity contribution in [1.29, 1.82) is 0 Å². The molecule has 1 fully saturated rings. The van der Waals surface area contributed by atoms with E-state index in [1.165, 1.54) is 28.2 Å². The number of hydrogen-bond donors (Lipinski definition) is 2. The molecule has 1 aromatic heterocycles. The maximum atomic E-state index is 12.6. The number of carbonyl (C=O) groups is 1. The SMILES string of the molecule is CCOc1ccc2nc(SC(C)C(=O)Nc3ccc(S(=O)(=O)N4CCCC4)cc3)[nH]c2c1. The summed E-state index contributed by atoms with van der Waals surface area (Å²) in [5.41, 5.74) is 2.20. The van der Waals surface area contributed by atoms with Crippen LogP contribution in [-0.4, -0.2) is 53.5 Å². The molecule has 4 rings (SSSR count). The van der Waals surface area contributed by atoms with E-state index >= 15 is 0 Å². The highest BCUT2D eigenvalue weighted by Gasteiger charge is 2.27. The lowest BCUT2D eigenvalue weighted by Crippen LogP contribution is -2.27. The van der Waals surface area contributed by atoms with Crippen molar-refractivity contribution in [3.63, 3.8) is 0 Å². The molecule has 0 spiro atoms. The summed E-state index contributed by atoms with van der Waals surface area (Å²) in [6.45, 7) is 5.43. The Morgan fingerprint density at radius 3 is 2.62 bits per heavy atom. The summed E-state index contributed by atoms with van der Waals surface area (Å²) in [7, 11) is -3.47. The van der Waals surface area contributed by atoms with Gasteiger partial charge in [0.25, 0.3) is 0 Å². The quantitative estimate of drug-likeness (QED) is 0.481. The molecule has 0 radical (unpaired) electrons. The van der Waals surface area contributed by atoms with Gasteiger partial charge in [0, 0.05) is 24.8 Å². The van der Waals surface area contributed by atoms with Crippen molar-refractivity contribution in [3.05, 3.63) is 42.5 Å². The van der Waals surface area contributed by atoms with Crippen molar-refractivity contribution in [2.75, 3.05) is 25.0 Å². The fourth-order valence-corrected chi connectivity index (χ4v) is 5.87. The van der Waals surface area contributed by atoms with Gasteiger partial charge in [-0.3, -0.25) is 4.79 Å². The molecule has 8 nitrogen and oxygen atoms in total. The number of aromatic nitrogens is 2. The molecule has 0 aliphatic carbocycles. The van der Waals surface area contributed by atoms with Gasteiger partial charge in [0.1, 0.15) is 5.75 Å². The molecule has 0 bridgehead atoms. The second-order valence-corrected chi connectivity index (χ2v) is 10.8. The maximum Gasteiger partial charge on any atom is 0.243 e. The number of hydrogen-bond acceptors (Lipinski definition) is 6. The van der Waals surface area contributed by atoms with Crippen LogP contribution in [0.4, 0.5) is 5.69 Å². The highest BCUT2D eigenvalue weighted by molar-refractivity contribution is 8.00.